The molecule has 1 aliphatic heterocycles. The maximum Gasteiger partial charge on any atom is 0.323 e. The molecule has 6 nitrogen and oxygen atoms in total. The Hall–Kier alpha value is -2.08. The van der Waals surface area contributed by atoms with Crippen molar-refractivity contribution in [3.8, 4) is 0 Å². The number of carboxylic acids is 1. The number of nitrogens with zero attached hydrogens (tertiary/aromatic N) is 1. The highest BCUT2D eigenvalue weighted by Crippen LogP contribution is 2.13. The van der Waals surface area contributed by atoms with Crippen molar-refractivity contribution in [3.05, 3.63) is 30.3 Å². The first-order chi connectivity index (χ1) is 10.1. The van der Waals surface area contributed by atoms with Crippen LogP contribution in [-0.2, 0) is 14.3 Å². The topological polar surface area (TPSA) is 78.9 Å². The molecular weight excluding hydrogens is 272 g/mol. The number of ether oxygens (including phenoxy) is 1. The molecule has 0 atom stereocenters. The van der Waals surface area contributed by atoms with Gasteiger partial charge in [0.25, 0.3) is 0 Å². The highest BCUT2D eigenvalue weighted by molar-refractivity contribution is 5.84. The minimum atomic E-state index is -0.960. The predicted molar refractivity (Wildman–Crippen MR) is 78.3 cm³/mol. The molecule has 1 heterocycles. The first kappa shape index (κ1) is 15.3. The average Bonchev–Trinajstić information content (AvgIpc) is 2.48. The Kier molecular flexibility index (Phi) is 5.57. The molecule has 2 rings (SSSR count). The lowest BCUT2D eigenvalue weighted by atomic mass is 10.1. The minimum absolute atomic E-state index is 0.0354. The van der Waals surface area contributed by atoms with Crippen molar-refractivity contribution in [3.63, 3.8) is 0 Å². The summed E-state index contributed by atoms with van der Waals surface area (Å²) in [4.78, 5) is 24.6. The molecule has 2 N–H and O–H groups in total. The number of hydrogen-bond acceptors (Lipinski definition) is 4. The largest absolute Gasteiger partial charge is 0.480 e. The molecule has 0 aliphatic carbocycles. The van der Waals surface area contributed by atoms with Crippen LogP contribution in [0, 0.1) is 0 Å². The van der Waals surface area contributed by atoms with Gasteiger partial charge in [0, 0.05) is 24.9 Å². The molecule has 0 aromatic heterocycles. The smallest absolute Gasteiger partial charge is 0.323 e. The maximum absolute atomic E-state index is 12.1. The second-order valence-electron chi connectivity index (χ2n) is 5.04. The molecule has 1 aromatic rings. The first-order valence-electron chi connectivity index (χ1n) is 7.04. The van der Waals surface area contributed by atoms with Crippen LogP contribution in [0.3, 0.4) is 0 Å². The number of anilines is 1. The van der Waals surface area contributed by atoms with Gasteiger partial charge in [-0.3, -0.25) is 9.59 Å². The van der Waals surface area contributed by atoms with Crippen LogP contribution >= 0.6 is 0 Å². The fourth-order valence-electron chi connectivity index (χ4n) is 2.33. The molecular formula is C15H20N2O4. The zero-order valence-electron chi connectivity index (χ0n) is 11.8. The molecule has 114 valence electrons. The normalized spacial score (nSPS) is 15.4. The van der Waals surface area contributed by atoms with Crippen LogP contribution in [0.1, 0.15) is 12.8 Å². The van der Waals surface area contributed by atoms with Crippen molar-refractivity contribution in [1.29, 1.82) is 0 Å². The zero-order valence-corrected chi connectivity index (χ0v) is 11.8. The summed E-state index contributed by atoms with van der Waals surface area (Å²) in [6, 6.07) is 9.20. The highest BCUT2D eigenvalue weighted by atomic mass is 16.5. The Balaban J connectivity index is 1.94. The van der Waals surface area contributed by atoms with Crippen LogP contribution < -0.4 is 10.2 Å². The summed E-state index contributed by atoms with van der Waals surface area (Å²) in [5, 5.41) is 11.9. The van der Waals surface area contributed by atoms with Gasteiger partial charge in [-0.2, -0.15) is 0 Å². The third-order valence-corrected chi connectivity index (χ3v) is 3.37. The number of para-hydroxylation sites is 1. The quantitative estimate of drug-likeness (QED) is 0.813. The fourth-order valence-corrected chi connectivity index (χ4v) is 2.33. The van der Waals surface area contributed by atoms with Crippen molar-refractivity contribution in [2.45, 2.75) is 18.9 Å². The number of benzene rings is 1. The van der Waals surface area contributed by atoms with Crippen LogP contribution in [0.4, 0.5) is 5.69 Å². The van der Waals surface area contributed by atoms with Crippen molar-refractivity contribution in [2.75, 3.05) is 31.2 Å². The molecule has 0 unspecified atom stereocenters. The summed E-state index contributed by atoms with van der Waals surface area (Å²) in [6.45, 7) is 1.14. The number of carbonyl (C=O) groups excluding carboxylic acids is 1. The third kappa shape index (κ3) is 5.07. The third-order valence-electron chi connectivity index (χ3n) is 3.37. The van der Waals surface area contributed by atoms with Crippen molar-refractivity contribution in [2.24, 2.45) is 0 Å². The molecule has 0 saturated carbocycles. The van der Waals surface area contributed by atoms with Crippen LogP contribution in [0.15, 0.2) is 30.3 Å². The Bertz CT molecular complexity index is 472. The van der Waals surface area contributed by atoms with Gasteiger partial charge in [-0.15, -0.1) is 0 Å². The Morgan fingerprint density at radius 2 is 1.86 bits per heavy atom. The second-order valence-corrected chi connectivity index (χ2v) is 5.04. The molecule has 0 bridgehead atoms. The van der Waals surface area contributed by atoms with Crippen LogP contribution in [0.5, 0.6) is 0 Å². The fraction of sp³-hybridized carbons (Fsp3) is 0.467. The molecule has 0 radical (unpaired) electrons. The van der Waals surface area contributed by atoms with E-state index < -0.39 is 5.97 Å². The van der Waals surface area contributed by atoms with Gasteiger partial charge >= 0.3 is 5.97 Å². The van der Waals surface area contributed by atoms with Crippen molar-refractivity contribution >= 4 is 17.6 Å². The van der Waals surface area contributed by atoms with E-state index >= 15 is 0 Å². The van der Waals surface area contributed by atoms with Gasteiger partial charge in [0.15, 0.2) is 0 Å². The van der Waals surface area contributed by atoms with Crippen molar-refractivity contribution in [1.82, 2.24) is 5.32 Å². The van der Waals surface area contributed by atoms with E-state index in [1.165, 1.54) is 0 Å². The van der Waals surface area contributed by atoms with Gasteiger partial charge in [-0.05, 0) is 25.0 Å². The minimum Gasteiger partial charge on any atom is -0.480 e. The van der Waals surface area contributed by atoms with E-state index in [0.29, 0.717) is 13.2 Å². The molecule has 21 heavy (non-hydrogen) atoms. The standard InChI is InChI=1S/C15H20N2O4/c18-14(16-12-6-8-21-9-7-12)10-17(11-15(19)20)13-4-2-1-3-5-13/h1-5,12H,6-11H2,(H,16,18)(H,19,20). The summed E-state index contributed by atoms with van der Waals surface area (Å²) in [5.74, 6) is -1.12. The van der Waals surface area contributed by atoms with E-state index in [2.05, 4.69) is 5.32 Å². The molecule has 1 amide bonds. The monoisotopic (exact) mass is 292 g/mol. The number of amides is 1. The molecule has 6 heteroatoms. The number of nitrogens with one attached hydrogen (secondary N) is 1. The Morgan fingerprint density at radius 3 is 2.48 bits per heavy atom. The number of rotatable bonds is 6. The van der Waals surface area contributed by atoms with Gasteiger partial charge in [-0.25, -0.2) is 0 Å². The highest BCUT2D eigenvalue weighted by Gasteiger charge is 2.19. The molecule has 1 saturated heterocycles. The van der Waals surface area contributed by atoms with Gasteiger partial charge < -0.3 is 20.1 Å². The summed E-state index contributed by atoms with van der Waals surface area (Å²) >= 11 is 0. The van der Waals surface area contributed by atoms with Gasteiger partial charge in [0.1, 0.15) is 6.54 Å². The zero-order chi connectivity index (χ0) is 15.1. The van der Waals surface area contributed by atoms with E-state index in [1.807, 2.05) is 18.2 Å². The summed E-state index contributed by atoms with van der Waals surface area (Å²) in [5.41, 5.74) is 0.724. The number of carbonyl (C=O) groups is 2. The Labute approximate surface area is 123 Å². The number of hydrogen-bond donors (Lipinski definition) is 2. The van der Waals surface area contributed by atoms with Crippen molar-refractivity contribution < 1.29 is 19.4 Å². The lowest BCUT2D eigenvalue weighted by Gasteiger charge is -2.26. The average molecular weight is 292 g/mol. The second kappa shape index (κ2) is 7.64. The maximum atomic E-state index is 12.1. The SMILES string of the molecule is O=C(O)CN(CC(=O)NC1CCOCC1)c1ccccc1. The van der Waals surface area contributed by atoms with Gasteiger partial charge in [0.05, 0.1) is 6.54 Å². The summed E-state index contributed by atoms with van der Waals surface area (Å²) in [6.07, 6.45) is 1.60. The molecule has 1 fully saturated rings. The van der Waals surface area contributed by atoms with E-state index in [-0.39, 0.29) is 25.0 Å². The first-order valence-corrected chi connectivity index (χ1v) is 7.04. The van der Waals surface area contributed by atoms with Crippen LogP contribution in [-0.4, -0.2) is 49.3 Å². The van der Waals surface area contributed by atoms with Crippen LogP contribution in [0.25, 0.3) is 0 Å². The number of aliphatic carboxylic acids is 1. The van der Waals surface area contributed by atoms with Gasteiger partial charge in [0.2, 0.25) is 5.91 Å². The molecule has 1 aliphatic rings. The number of carboxylic acid groups (broad SMARTS) is 1. The summed E-state index contributed by atoms with van der Waals surface area (Å²) in [7, 11) is 0. The Morgan fingerprint density at radius 1 is 1.19 bits per heavy atom. The molecule has 0 spiro atoms. The summed E-state index contributed by atoms with van der Waals surface area (Å²) < 4.78 is 5.24. The van der Waals surface area contributed by atoms with E-state index in [1.54, 1.807) is 17.0 Å². The van der Waals surface area contributed by atoms with E-state index in [9.17, 15) is 9.59 Å². The van der Waals surface area contributed by atoms with Gasteiger partial charge in [-0.1, -0.05) is 18.2 Å². The lowest BCUT2D eigenvalue weighted by Crippen LogP contribution is -2.45. The lowest BCUT2D eigenvalue weighted by molar-refractivity contribution is -0.135. The van der Waals surface area contributed by atoms with E-state index in [4.69, 9.17) is 9.84 Å². The van der Waals surface area contributed by atoms with E-state index in [0.717, 1.165) is 18.5 Å². The predicted octanol–water partition coefficient (Wildman–Crippen LogP) is 0.873. The van der Waals surface area contributed by atoms with Crippen LogP contribution in [0.2, 0.25) is 0 Å². The molecule has 1 aromatic carbocycles.